The molecule has 0 aromatic heterocycles. The second-order valence-electron chi connectivity index (χ2n) is 17.2. The number of aliphatic hydroxyl groups excluding tert-OH is 3. The minimum absolute atomic E-state index is 0.0329. The molecule has 0 radical (unpaired) electrons. The third-order valence-corrected chi connectivity index (χ3v) is 22.3. The number of hydrogen-bond donors (Lipinski definition) is 5. The molecule has 324 valence electrons. The summed E-state index contributed by atoms with van der Waals surface area (Å²) in [7, 11) is -7.53. The molecule has 3 N–H and O–H groups in total. The first-order valence-corrected chi connectivity index (χ1v) is 29.7. The van der Waals surface area contributed by atoms with Crippen LogP contribution < -0.4 is 0 Å². The standard InChI is InChI=1S/C40H86O9S2Si3/c1-8-9-10-11-12-13-20-54(34-40(7)33-49-54)48-32-39(6)31-47-53(22-15-19-51,46-30-38(5)27-43)24-17-36(3)28-44-52(21-14-18-50,23-16-35(2)25-41)45-29-37(4)26-42/h35-43,50-51H,8-34H2,1-7H3. The zero-order chi connectivity index (χ0) is 40.3. The lowest BCUT2D eigenvalue weighted by atomic mass is 10.1. The van der Waals surface area contributed by atoms with Crippen LogP contribution in [0.2, 0.25) is 36.3 Å². The highest BCUT2D eigenvalue weighted by molar-refractivity contribution is 7.80. The maximum absolute atomic E-state index is 9.87. The molecule has 0 aromatic carbocycles. The monoisotopic (exact) mass is 859 g/mol. The van der Waals surface area contributed by atoms with Crippen LogP contribution in [0.25, 0.3) is 0 Å². The molecule has 1 saturated heterocycles. The van der Waals surface area contributed by atoms with Gasteiger partial charge in [0.2, 0.25) is 0 Å². The van der Waals surface area contributed by atoms with Crippen molar-refractivity contribution in [2.75, 3.05) is 71.0 Å². The van der Waals surface area contributed by atoms with Gasteiger partial charge in [-0.3, -0.25) is 0 Å². The van der Waals surface area contributed by atoms with Crippen LogP contribution in [0.4, 0.5) is 0 Å². The van der Waals surface area contributed by atoms with Crippen LogP contribution in [0.5, 0.6) is 0 Å². The van der Waals surface area contributed by atoms with E-state index >= 15 is 0 Å². The van der Waals surface area contributed by atoms with Gasteiger partial charge >= 0.3 is 25.7 Å². The minimum atomic E-state index is -2.69. The number of aliphatic hydroxyl groups is 3. The van der Waals surface area contributed by atoms with Gasteiger partial charge in [0, 0.05) is 77.2 Å². The molecule has 9 unspecified atom stereocenters. The normalized spacial score (nSPS) is 22.8. The Bertz CT molecular complexity index is 890. The van der Waals surface area contributed by atoms with E-state index in [2.05, 4.69) is 59.9 Å². The molecular formula is C40H86O9S2Si3. The summed E-state index contributed by atoms with van der Waals surface area (Å²) < 4.78 is 40.6. The van der Waals surface area contributed by atoms with Gasteiger partial charge in [0.1, 0.15) is 0 Å². The van der Waals surface area contributed by atoms with E-state index in [4.69, 9.17) is 26.6 Å². The number of hydrogen-bond acceptors (Lipinski definition) is 11. The van der Waals surface area contributed by atoms with E-state index in [0.29, 0.717) is 39.0 Å². The summed E-state index contributed by atoms with van der Waals surface area (Å²) in [5.41, 5.74) is 0. The van der Waals surface area contributed by atoms with Gasteiger partial charge in [-0.15, -0.1) is 0 Å². The summed E-state index contributed by atoms with van der Waals surface area (Å²) in [6, 6.07) is 5.52. The van der Waals surface area contributed by atoms with E-state index < -0.39 is 25.7 Å². The summed E-state index contributed by atoms with van der Waals surface area (Å²) in [5.74, 6) is 2.80. The number of rotatable bonds is 37. The molecule has 0 bridgehead atoms. The number of thiol groups is 2. The van der Waals surface area contributed by atoms with Gasteiger partial charge in [-0.1, -0.05) is 87.0 Å². The molecule has 0 aromatic rings. The molecule has 14 heteroatoms. The van der Waals surface area contributed by atoms with Crippen molar-refractivity contribution in [3.8, 4) is 0 Å². The van der Waals surface area contributed by atoms with Crippen molar-refractivity contribution in [2.24, 2.45) is 35.5 Å². The fourth-order valence-corrected chi connectivity index (χ4v) is 19.1. The van der Waals surface area contributed by atoms with Crippen molar-refractivity contribution in [3.05, 3.63) is 0 Å². The SMILES string of the molecule is CCCCCCCC[Si]1(OCC(C)CO[Si](CCCS)(CCC(C)CO[Si](CCCS)(CCC(C)CO)OCC(C)CO)OCC(C)CO)CC(C)CO1. The Kier molecular flexibility index (Phi) is 30.4. The van der Waals surface area contributed by atoms with Crippen LogP contribution in [-0.4, -0.2) is 112 Å². The van der Waals surface area contributed by atoms with Gasteiger partial charge < -0.3 is 41.9 Å². The summed E-state index contributed by atoms with van der Waals surface area (Å²) >= 11 is 9.09. The molecule has 0 saturated carbocycles. The number of unbranched alkanes of at least 4 members (excludes halogenated alkanes) is 5. The third-order valence-electron chi connectivity index (χ3n) is 10.8. The fraction of sp³-hybridized carbons (Fsp3) is 1.00. The first-order valence-electron chi connectivity index (χ1n) is 21.7. The van der Waals surface area contributed by atoms with Gasteiger partial charge in [-0.2, -0.15) is 25.3 Å². The third kappa shape index (κ3) is 23.0. The van der Waals surface area contributed by atoms with E-state index in [-0.39, 0.29) is 49.4 Å². The van der Waals surface area contributed by atoms with Gasteiger partial charge in [0.15, 0.2) is 0 Å². The first-order chi connectivity index (χ1) is 25.8. The molecule has 1 aliphatic heterocycles. The zero-order valence-corrected chi connectivity index (χ0v) is 40.5. The van der Waals surface area contributed by atoms with Crippen molar-refractivity contribution in [1.29, 1.82) is 0 Å². The van der Waals surface area contributed by atoms with E-state index in [1.807, 2.05) is 13.8 Å². The van der Waals surface area contributed by atoms with Crippen LogP contribution in [0.3, 0.4) is 0 Å². The van der Waals surface area contributed by atoms with Gasteiger partial charge in [-0.05, 0) is 91.2 Å². The van der Waals surface area contributed by atoms with Crippen molar-refractivity contribution in [3.63, 3.8) is 0 Å². The molecule has 0 aliphatic carbocycles. The van der Waals surface area contributed by atoms with Crippen molar-refractivity contribution >= 4 is 50.9 Å². The summed E-state index contributed by atoms with van der Waals surface area (Å²) in [5, 5.41) is 29.4. The molecule has 9 nitrogen and oxygen atoms in total. The molecule has 9 atom stereocenters. The predicted octanol–water partition coefficient (Wildman–Crippen LogP) is 9.00. The Morgan fingerprint density at radius 1 is 0.611 bits per heavy atom. The Morgan fingerprint density at radius 2 is 1.07 bits per heavy atom. The average Bonchev–Trinajstić information content (AvgIpc) is 3.56. The molecular weight excluding hydrogens is 773 g/mol. The Morgan fingerprint density at radius 3 is 1.54 bits per heavy atom. The van der Waals surface area contributed by atoms with Crippen molar-refractivity contribution < 1.29 is 41.9 Å². The first kappa shape index (κ1) is 53.0. The molecule has 1 rings (SSSR count). The maximum atomic E-state index is 9.87. The van der Waals surface area contributed by atoms with E-state index in [1.165, 1.54) is 38.5 Å². The summed E-state index contributed by atoms with van der Waals surface area (Å²) in [6.45, 7) is 19.0. The van der Waals surface area contributed by atoms with Crippen LogP contribution in [-0.2, 0) is 26.6 Å². The molecule has 54 heavy (non-hydrogen) atoms. The highest BCUT2D eigenvalue weighted by Gasteiger charge is 2.45. The lowest BCUT2D eigenvalue weighted by Gasteiger charge is -2.35. The highest BCUT2D eigenvalue weighted by atomic mass is 32.1. The highest BCUT2D eigenvalue weighted by Crippen LogP contribution is 2.35. The molecule has 0 spiro atoms. The van der Waals surface area contributed by atoms with Crippen LogP contribution in [0.1, 0.15) is 113 Å². The average molecular weight is 860 g/mol. The van der Waals surface area contributed by atoms with Crippen LogP contribution in [0, 0.1) is 35.5 Å². The van der Waals surface area contributed by atoms with Gasteiger partial charge in [-0.25, -0.2) is 0 Å². The zero-order valence-electron chi connectivity index (χ0n) is 35.7. The maximum Gasteiger partial charge on any atom is 0.338 e. The summed E-state index contributed by atoms with van der Waals surface area (Å²) in [4.78, 5) is 0. The topological polar surface area (TPSA) is 116 Å². The van der Waals surface area contributed by atoms with Crippen molar-refractivity contribution in [2.45, 2.75) is 149 Å². The van der Waals surface area contributed by atoms with E-state index in [9.17, 15) is 15.3 Å². The molecule has 1 heterocycles. The smallest absolute Gasteiger partial charge is 0.338 e. The van der Waals surface area contributed by atoms with Gasteiger partial charge in [0.25, 0.3) is 0 Å². The van der Waals surface area contributed by atoms with E-state index in [1.54, 1.807) is 0 Å². The second-order valence-corrected chi connectivity index (χ2v) is 28.2. The summed E-state index contributed by atoms with van der Waals surface area (Å²) in [6.07, 6.45) is 11.2. The largest absolute Gasteiger partial charge is 0.396 e. The molecule has 1 aliphatic rings. The minimum Gasteiger partial charge on any atom is -0.396 e. The molecule has 0 amide bonds. The van der Waals surface area contributed by atoms with Gasteiger partial charge in [0.05, 0.1) is 0 Å². The van der Waals surface area contributed by atoms with Crippen LogP contribution in [0.15, 0.2) is 0 Å². The van der Waals surface area contributed by atoms with E-state index in [0.717, 1.165) is 80.1 Å². The molecule has 1 fully saturated rings. The Balaban J connectivity index is 3.03. The predicted molar refractivity (Wildman–Crippen MR) is 238 cm³/mol. The second kappa shape index (κ2) is 30.9. The Labute approximate surface area is 346 Å². The van der Waals surface area contributed by atoms with Crippen LogP contribution >= 0.6 is 25.3 Å². The van der Waals surface area contributed by atoms with Crippen molar-refractivity contribution in [1.82, 2.24) is 0 Å². The lowest BCUT2D eigenvalue weighted by molar-refractivity contribution is 0.0911. The Hall–Kier alpha value is 0.991. The fourth-order valence-electron chi connectivity index (χ4n) is 6.80. The lowest BCUT2D eigenvalue weighted by Crippen LogP contribution is -2.46. The quantitative estimate of drug-likeness (QED) is 0.0237.